The molecule has 1 saturated heterocycles. The minimum absolute atomic E-state index is 0.125. The van der Waals surface area contributed by atoms with Crippen LogP contribution in [0.5, 0.6) is 0 Å². The number of aromatic nitrogens is 1. The molecule has 5 heteroatoms. The molecule has 166 valence electrons. The van der Waals surface area contributed by atoms with Crippen LogP contribution in [0, 0.1) is 5.92 Å². The van der Waals surface area contributed by atoms with E-state index in [9.17, 15) is 4.79 Å². The molecule has 1 aliphatic carbocycles. The Labute approximate surface area is 187 Å². The second-order valence-electron chi connectivity index (χ2n) is 9.46. The molecule has 0 N–H and O–H groups in total. The van der Waals surface area contributed by atoms with Crippen LogP contribution in [0.2, 0.25) is 0 Å². The fraction of sp³-hybridized carbons (Fsp3) is 0.538. The number of hydrogen-bond acceptors (Lipinski definition) is 4. The van der Waals surface area contributed by atoms with E-state index in [1.54, 1.807) is 12.4 Å². The monoisotopic (exact) mass is 420 g/mol. The molecule has 1 fully saturated rings. The van der Waals surface area contributed by atoms with Gasteiger partial charge in [-0.15, -0.1) is 0 Å². The van der Waals surface area contributed by atoms with Crippen LogP contribution in [0.3, 0.4) is 0 Å². The van der Waals surface area contributed by atoms with E-state index < -0.39 is 0 Å². The van der Waals surface area contributed by atoms with Crippen molar-refractivity contribution in [3.05, 3.63) is 65.5 Å². The van der Waals surface area contributed by atoms with Crippen molar-refractivity contribution in [2.24, 2.45) is 5.92 Å². The molecular weight excluding hydrogens is 384 g/mol. The molecule has 2 heterocycles. The van der Waals surface area contributed by atoms with E-state index in [1.165, 1.54) is 36.8 Å². The number of carbonyl (C=O) groups is 1. The summed E-state index contributed by atoms with van der Waals surface area (Å²) in [6, 6.07) is 13.3. The molecule has 1 aromatic carbocycles. The van der Waals surface area contributed by atoms with Crippen LogP contribution in [0.15, 0.2) is 48.8 Å². The molecule has 5 nitrogen and oxygen atoms in total. The normalized spacial score (nSPS) is 17.8. The molecule has 0 radical (unpaired) electrons. The molecule has 1 aromatic heterocycles. The van der Waals surface area contributed by atoms with Crippen molar-refractivity contribution in [3.63, 3.8) is 0 Å². The van der Waals surface area contributed by atoms with Crippen molar-refractivity contribution in [1.82, 2.24) is 19.7 Å². The third-order valence-corrected chi connectivity index (χ3v) is 6.90. The molecule has 2 aliphatic rings. The van der Waals surface area contributed by atoms with Crippen LogP contribution in [-0.4, -0.2) is 78.5 Å². The molecule has 0 unspecified atom stereocenters. The third kappa shape index (κ3) is 5.72. The van der Waals surface area contributed by atoms with Crippen molar-refractivity contribution in [2.75, 3.05) is 46.8 Å². The number of nitrogens with zero attached hydrogens (tertiary/aromatic N) is 4. The number of pyridine rings is 1. The summed E-state index contributed by atoms with van der Waals surface area (Å²) in [7, 11) is 4.18. The zero-order valence-electron chi connectivity index (χ0n) is 19.0. The average Bonchev–Trinajstić information content (AvgIpc) is 3.23. The Morgan fingerprint density at radius 2 is 1.74 bits per heavy atom. The molecule has 0 bridgehead atoms. The van der Waals surface area contributed by atoms with Gasteiger partial charge in [-0.05, 0) is 95.0 Å². The van der Waals surface area contributed by atoms with Gasteiger partial charge < -0.3 is 9.80 Å². The van der Waals surface area contributed by atoms with Gasteiger partial charge in [0.15, 0.2) is 0 Å². The molecule has 31 heavy (non-hydrogen) atoms. The average molecular weight is 421 g/mol. The molecule has 0 spiro atoms. The zero-order chi connectivity index (χ0) is 21.6. The Hall–Kier alpha value is -2.24. The lowest BCUT2D eigenvalue weighted by molar-refractivity contribution is 0.0660. The highest BCUT2D eigenvalue weighted by Crippen LogP contribution is 2.29. The van der Waals surface area contributed by atoms with Gasteiger partial charge in [-0.25, -0.2) is 0 Å². The van der Waals surface area contributed by atoms with Gasteiger partial charge in [-0.2, -0.15) is 0 Å². The lowest BCUT2D eigenvalue weighted by Gasteiger charge is -2.38. The first-order valence-electron chi connectivity index (χ1n) is 11.7. The van der Waals surface area contributed by atoms with Gasteiger partial charge in [-0.1, -0.05) is 24.3 Å². The third-order valence-electron chi connectivity index (χ3n) is 6.90. The SMILES string of the molecule is CN(C)CCCN(CC1CCN(C2Cc3ccccc3C2)CC1)C(=O)c1cccnc1. The van der Waals surface area contributed by atoms with E-state index in [0.29, 0.717) is 17.5 Å². The van der Waals surface area contributed by atoms with Crippen LogP contribution < -0.4 is 0 Å². The zero-order valence-corrected chi connectivity index (χ0v) is 19.0. The number of carbonyl (C=O) groups excluding carboxylic acids is 1. The fourth-order valence-corrected chi connectivity index (χ4v) is 5.13. The van der Waals surface area contributed by atoms with Crippen LogP contribution >= 0.6 is 0 Å². The van der Waals surface area contributed by atoms with E-state index in [0.717, 1.165) is 39.1 Å². The van der Waals surface area contributed by atoms with Gasteiger partial charge in [0.2, 0.25) is 0 Å². The number of hydrogen-bond donors (Lipinski definition) is 0. The highest BCUT2D eigenvalue weighted by Gasteiger charge is 2.31. The predicted molar refractivity (Wildman–Crippen MR) is 125 cm³/mol. The molecule has 1 amide bonds. The van der Waals surface area contributed by atoms with Crippen LogP contribution in [-0.2, 0) is 12.8 Å². The number of benzene rings is 1. The van der Waals surface area contributed by atoms with Gasteiger partial charge in [0.25, 0.3) is 5.91 Å². The van der Waals surface area contributed by atoms with E-state index >= 15 is 0 Å². The van der Waals surface area contributed by atoms with Crippen molar-refractivity contribution in [1.29, 1.82) is 0 Å². The minimum atomic E-state index is 0.125. The molecule has 4 rings (SSSR count). The lowest BCUT2D eigenvalue weighted by atomic mass is 9.94. The summed E-state index contributed by atoms with van der Waals surface area (Å²) in [6.07, 6.45) is 9.16. The number of fused-ring (bicyclic) bond motifs is 1. The smallest absolute Gasteiger partial charge is 0.255 e. The standard InChI is InChI=1S/C26H36N4O/c1-28(2)13-6-14-30(26(31)24-9-5-12-27-19-24)20-21-10-15-29(16-11-21)25-17-22-7-3-4-8-23(22)18-25/h3-5,7-9,12,19,21,25H,6,10-11,13-18,20H2,1-2H3. The first-order valence-corrected chi connectivity index (χ1v) is 11.7. The maximum absolute atomic E-state index is 13.2. The van der Waals surface area contributed by atoms with Crippen molar-refractivity contribution < 1.29 is 4.79 Å². The number of likely N-dealkylation sites (tertiary alicyclic amines) is 1. The molecule has 0 saturated carbocycles. The summed E-state index contributed by atoms with van der Waals surface area (Å²) in [5.41, 5.74) is 3.76. The summed E-state index contributed by atoms with van der Waals surface area (Å²) >= 11 is 0. The minimum Gasteiger partial charge on any atom is -0.338 e. The maximum Gasteiger partial charge on any atom is 0.255 e. The summed E-state index contributed by atoms with van der Waals surface area (Å²) in [5, 5.41) is 0. The lowest BCUT2D eigenvalue weighted by Crippen LogP contribution is -2.45. The van der Waals surface area contributed by atoms with Crippen molar-refractivity contribution in [3.8, 4) is 0 Å². The number of amides is 1. The Morgan fingerprint density at radius 1 is 1.03 bits per heavy atom. The quantitative estimate of drug-likeness (QED) is 0.657. The molecule has 0 atom stereocenters. The molecular formula is C26H36N4O. The summed E-state index contributed by atoms with van der Waals surface area (Å²) in [5.74, 6) is 0.709. The van der Waals surface area contributed by atoms with E-state index in [1.807, 2.05) is 12.1 Å². The van der Waals surface area contributed by atoms with Crippen molar-refractivity contribution >= 4 is 5.91 Å². The van der Waals surface area contributed by atoms with Crippen LogP contribution in [0.25, 0.3) is 0 Å². The van der Waals surface area contributed by atoms with Gasteiger partial charge in [0, 0.05) is 31.5 Å². The molecule has 2 aromatic rings. The highest BCUT2D eigenvalue weighted by atomic mass is 16.2. The summed E-state index contributed by atoms with van der Waals surface area (Å²) in [4.78, 5) is 24.3. The Bertz CT molecular complexity index is 820. The second kappa shape index (κ2) is 10.4. The number of piperidine rings is 1. The van der Waals surface area contributed by atoms with Crippen molar-refractivity contribution in [2.45, 2.75) is 38.1 Å². The highest BCUT2D eigenvalue weighted by molar-refractivity contribution is 5.93. The fourth-order valence-electron chi connectivity index (χ4n) is 5.13. The van der Waals surface area contributed by atoms with Crippen LogP contribution in [0.4, 0.5) is 0 Å². The summed E-state index contributed by atoms with van der Waals surface area (Å²) < 4.78 is 0. The largest absolute Gasteiger partial charge is 0.338 e. The van der Waals surface area contributed by atoms with Crippen LogP contribution in [0.1, 0.15) is 40.7 Å². The summed E-state index contributed by atoms with van der Waals surface area (Å²) in [6.45, 7) is 4.97. The van der Waals surface area contributed by atoms with E-state index in [-0.39, 0.29) is 5.91 Å². The topological polar surface area (TPSA) is 39.7 Å². The first kappa shape index (κ1) is 22.0. The first-order chi connectivity index (χ1) is 15.1. The Morgan fingerprint density at radius 3 is 2.35 bits per heavy atom. The van der Waals surface area contributed by atoms with E-state index in [2.05, 4.69) is 58.0 Å². The Kier molecular flexibility index (Phi) is 7.36. The van der Waals surface area contributed by atoms with E-state index in [4.69, 9.17) is 0 Å². The Balaban J connectivity index is 1.32. The second-order valence-corrected chi connectivity index (χ2v) is 9.46. The van der Waals surface area contributed by atoms with Gasteiger partial charge in [0.05, 0.1) is 5.56 Å². The van der Waals surface area contributed by atoms with Gasteiger partial charge in [0.1, 0.15) is 0 Å². The maximum atomic E-state index is 13.2. The molecule has 1 aliphatic heterocycles. The van der Waals surface area contributed by atoms with Gasteiger partial charge in [-0.3, -0.25) is 14.7 Å². The van der Waals surface area contributed by atoms with Gasteiger partial charge >= 0.3 is 0 Å². The predicted octanol–water partition coefficient (Wildman–Crippen LogP) is 3.35. The number of rotatable bonds is 8.